The molecule has 32 heteroatoms. The van der Waals surface area contributed by atoms with Gasteiger partial charge in [-0.1, -0.05) is 259 Å². The van der Waals surface area contributed by atoms with E-state index >= 15 is 0 Å². The van der Waals surface area contributed by atoms with Crippen LogP contribution in [0.3, 0.4) is 0 Å². The Balaban J connectivity index is 0.000000622. The maximum Gasteiger partial charge on any atom is 0.144 e. The lowest BCUT2D eigenvalue weighted by Gasteiger charge is -2.05. The summed E-state index contributed by atoms with van der Waals surface area (Å²) in [5, 5.41) is 7.68. The highest BCUT2D eigenvalue weighted by atomic mass is 35.5. The third kappa shape index (κ3) is 45.3. The highest BCUT2D eigenvalue weighted by Gasteiger charge is 2.11. The molecule has 0 amide bonds. The first-order chi connectivity index (χ1) is 53.2. The van der Waals surface area contributed by atoms with Crippen molar-refractivity contribution in [3.8, 4) is 0 Å². The fourth-order valence-corrected chi connectivity index (χ4v) is 19.0. The molecule has 0 heterocycles. The van der Waals surface area contributed by atoms with Crippen LogP contribution in [0.1, 0.15) is 55.6 Å². The predicted molar refractivity (Wildman–Crippen MR) is 519 cm³/mol. The monoisotopic (exact) mass is 1980 g/mol. The van der Waals surface area contributed by atoms with E-state index < -0.39 is 0 Å². The third-order valence-electron chi connectivity index (χ3n) is 15.4. The van der Waals surface area contributed by atoms with E-state index in [-0.39, 0.29) is 56.6 Å². The first-order valence-electron chi connectivity index (χ1n) is 37.0. The van der Waals surface area contributed by atoms with E-state index in [0.717, 1.165) is 212 Å². The van der Waals surface area contributed by atoms with Crippen molar-refractivity contribution in [2.75, 3.05) is 0 Å². The van der Waals surface area contributed by atoms with Gasteiger partial charge in [-0.3, -0.25) is 0 Å². The van der Waals surface area contributed by atoms with Crippen LogP contribution >= 0.6 is 162 Å². The summed E-state index contributed by atoms with van der Waals surface area (Å²) in [4.78, 5) is 0. The minimum atomic E-state index is -0.330. The molecule has 0 saturated heterocycles. The van der Waals surface area contributed by atoms with Crippen molar-refractivity contribution >= 4 is 265 Å². The SMILES string of the molecule is Fc1c(Cl)cccc1CC[SiH3].Fc1cc(Cl)cc(CC[SiH3])c1.Fc1cc(Cl)ccc1CC[SiH3].Fc1ccc(CC[SiH3])c(Cl)c1.Fc1ccc(CC[SiH3])cc1Cl.Fc1ccc(Cl)c(CC[SiH3])c1.Fc1ccc(Cl)cc1CC[SiH3].Fc1cccc(Cl)c1CC[SiH3].[SiH3]CCc1c(Cl)cc(Cl)cc1Cl.[SiH3]CCc1cc(Cl)cc(Cl)c1Cl. The van der Waals surface area contributed by atoms with Crippen molar-refractivity contribution in [2.24, 2.45) is 0 Å². The normalized spacial score (nSPS) is 10.4. The summed E-state index contributed by atoms with van der Waals surface area (Å²) < 4.78 is 102. The van der Waals surface area contributed by atoms with Gasteiger partial charge in [-0.05, 0) is 248 Å². The van der Waals surface area contributed by atoms with E-state index in [2.05, 4.69) is 0 Å². The second-order valence-electron chi connectivity index (χ2n) is 25.1. The van der Waals surface area contributed by atoms with Gasteiger partial charge in [0.25, 0.3) is 0 Å². The minimum absolute atomic E-state index is 0.134. The van der Waals surface area contributed by atoms with Crippen molar-refractivity contribution < 1.29 is 35.1 Å². The van der Waals surface area contributed by atoms with Crippen LogP contribution in [0.5, 0.6) is 0 Å². The van der Waals surface area contributed by atoms with Crippen molar-refractivity contribution in [3.05, 3.63) is 342 Å². The van der Waals surface area contributed by atoms with Gasteiger partial charge in [-0.15, -0.1) is 0 Å². The first kappa shape index (κ1) is 108. The molecule has 0 N–H and O–H groups in total. The fraction of sp³-hybridized carbons (Fsp3) is 0.250. The number of rotatable bonds is 20. The zero-order valence-electron chi connectivity index (χ0n) is 64.6. The largest absolute Gasteiger partial charge is 0.207 e. The van der Waals surface area contributed by atoms with Crippen LogP contribution in [0.25, 0.3) is 0 Å². The van der Waals surface area contributed by atoms with Crippen molar-refractivity contribution in [3.63, 3.8) is 0 Å². The van der Waals surface area contributed by atoms with Gasteiger partial charge in [-0.2, -0.15) is 0 Å². The highest BCUT2D eigenvalue weighted by molar-refractivity contribution is 6.44. The maximum atomic E-state index is 13.1. The number of hydrogen-bond acceptors (Lipinski definition) is 0. The summed E-state index contributed by atoms with van der Waals surface area (Å²) >= 11 is 80.8. The topological polar surface area (TPSA) is 0 Å². The van der Waals surface area contributed by atoms with Gasteiger partial charge in [0.2, 0.25) is 0 Å². The van der Waals surface area contributed by atoms with Gasteiger partial charge in [0, 0.05) is 158 Å². The lowest BCUT2D eigenvalue weighted by atomic mass is 10.1. The van der Waals surface area contributed by atoms with Crippen LogP contribution in [0.4, 0.5) is 35.1 Å². The Morgan fingerprint density at radius 1 is 0.205 bits per heavy atom. The fourth-order valence-electron chi connectivity index (χ4n) is 10.2. The molecule has 0 nitrogen and oxygen atoms in total. The summed E-state index contributed by atoms with van der Waals surface area (Å²) in [6, 6.07) is 56.6. The summed E-state index contributed by atoms with van der Waals surface area (Å²) in [6.07, 6.45) is 9.04. The Labute approximate surface area is 759 Å². The lowest BCUT2D eigenvalue weighted by molar-refractivity contribution is 0.612. The van der Waals surface area contributed by atoms with E-state index in [1.54, 1.807) is 103 Å². The standard InChI is InChI=1S/2C8H9Cl3Si.8C8H10ClFSi/c9-5-3-7(10)6(1-2-12)8(11)4-5;9-6-3-5(1-2-12)8(11)7(10)4-6;9-7-3-6(1-2-11)4-8(10)5-7;9-8-2-1-7(10)5-6(8)3-4-11;9-7-1-2-8(10)6(5-7)3-4-11;9-8-5-7(10)2-1-6(8)3-4-11;9-7-2-1-6(3-4-11)8(10)5-7;9-7-5-6(3-4-11)1-2-8(7)10;9-7-2-1-3-8(10)6(7)4-5-11;9-7-3-1-2-6(4-5-11)8(7)10/h2*3-4H,1-2H2,12H3;3-5H,1-2H2,11H3;5*1-2,5H,3-4H2,11H3;2*1-3H,4-5H2,11H3. The Hall–Kier alpha value is -2.13. The molecule has 0 saturated carbocycles. The molecule has 0 fully saturated rings. The molecule has 0 aliphatic heterocycles. The molecule has 0 aromatic heterocycles. The van der Waals surface area contributed by atoms with Gasteiger partial charge < -0.3 is 0 Å². The van der Waals surface area contributed by atoms with Gasteiger partial charge >= 0.3 is 0 Å². The number of aryl methyl sites for hydroxylation is 8. The van der Waals surface area contributed by atoms with E-state index in [9.17, 15) is 35.1 Å². The molecule has 112 heavy (non-hydrogen) atoms. The average molecular weight is 1990 g/mol. The predicted octanol–water partition coefficient (Wildman–Crippen LogP) is 20.4. The van der Waals surface area contributed by atoms with Crippen LogP contribution < -0.4 is 0 Å². The van der Waals surface area contributed by atoms with E-state index in [0.29, 0.717) is 65.8 Å². The van der Waals surface area contributed by atoms with Crippen molar-refractivity contribution in [1.82, 2.24) is 0 Å². The number of benzene rings is 10. The zero-order valence-corrected chi connectivity index (χ0v) is 95.2. The summed E-state index contributed by atoms with van der Waals surface area (Å²) in [5.74, 6) is -1.74. The van der Waals surface area contributed by atoms with Crippen LogP contribution in [-0.4, -0.2) is 102 Å². The molecule has 0 bridgehead atoms. The number of hydrogen-bond donors (Lipinski definition) is 0. The van der Waals surface area contributed by atoms with Gasteiger partial charge in [-0.25, -0.2) is 35.1 Å². The molecule has 0 aliphatic carbocycles. The van der Waals surface area contributed by atoms with Crippen LogP contribution in [-0.2, 0) is 64.2 Å². The second kappa shape index (κ2) is 62.9. The Kier molecular flexibility index (Phi) is 60.6. The molecule has 0 unspecified atom stereocenters. The molecule has 10 aromatic rings. The Bertz CT molecular complexity index is 4220. The van der Waals surface area contributed by atoms with Crippen molar-refractivity contribution in [1.29, 1.82) is 0 Å². The van der Waals surface area contributed by atoms with Gasteiger partial charge in [0.15, 0.2) is 0 Å². The summed E-state index contributed by atoms with van der Waals surface area (Å²) in [7, 11) is 11.4. The van der Waals surface area contributed by atoms with Crippen LogP contribution in [0.15, 0.2) is 170 Å². The molecule has 10 aromatic carbocycles. The molecule has 10 rings (SSSR count). The molecule has 0 radical (unpaired) electrons. The van der Waals surface area contributed by atoms with E-state index in [1.165, 1.54) is 120 Å². The minimum Gasteiger partial charge on any atom is -0.207 e. The van der Waals surface area contributed by atoms with Crippen molar-refractivity contribution in [2.45, 2.75) is 125 Å². The summed E-state index contributed by atoms with van der Waals surface area (Å²) in [6.45, 7) is 0. The Morgan fingerprint density at radius 3 is 1.21 bits per heavy atom. The lowest BCUT2D eigenvalue weighted by Crippen LogP contribution is -1.90. The number of halogens is 22. The zero-order chi connectivity index (χ0) is 84.4. The Morgan fingerprint density at radius 2 is 0.652 bits per heavy atom. The summed E-state index contributed by atoms with van der Waals surface area (Å²) in [5.41, 5.74) is 9.15. The van der Waals surface area contributed by atoms with Crippen LogP contribution in [0.2, 0.25) is 131 Å². The van der Waals surface area contributed by atoms with Crippen LogP contribution in [0, 0.1) is 46.5 Å². The van der Waals surface area contributed by atoms with Gasteiger partial charge in [0.05, 0.1) is 20.1 Å². The second-order valence-corrected chi connectivity index (χ2v) is 40.9. The molecular weight excluding hydrogens is 1890 g/mol. The third-order valence-corrected chi connectivity index (χ3v) is 24.7. The van der Waals surface area contributed by atoms with E-state index in [4.69, 9.17) is 162 Å². The molecule has 0 atom stereocenters. The maximum absolute atomic E-state index is 13.1. The molecular formula is C80H98Cl14F8Si10. The molecule has 0 spiro atoms. The molecule has 0 aliphatic rings. The van der Waals surface area contributed by atoms with E-state index in [1.807, 2.05) is 12.1 Å². The smallest absolute Gasteiger partial charge is 0.144 e. The van der Waals surface area contributed by atoms with Gasteiger partial charge in [0.1, 0.15) is 46.5 Å². The molecule has 612 valence electrons. The highest BCUT2D eigenvalue weighted by Crippen LogP contribution is 2.32. The average Bonchev–Trinajstić information content (AvgIpc) is 0.851. The quantitative estimate of drug-likeness (QED) is 0.0405. The first-order valence-corrected chi connectivity index (χ1v) is 56.4.